The normalized spacial score (nSPS) is 10.1. The summed E-state index contributed by atoms with van der Waals surface area (Å²) < 4.78 is 4.93. The molecule has 0 saturated carbocycles. The molecule has 0 amide bonds. The Bertz CT molecular complexity index is 612. The quantitative estimate of drug-likeness (QED) is 0.373. The van der Waals surface area contributed by atoms with Gasteiger partial charge in [0.15, 0.2) is 17.2 Å². The van der Waals surface area contributed by atoms with Gasteiger partial charge in [-0.1, -0.05) is 6.07 Å². The van der Waals surface area contributed by atoms with Crippen LogP contribution in [0, 0.1) is 0 Å². The molecule has 0 unspecified atom stereocenters. The first kappa shape index (κ1) is 12.6. The van der Waals surface area contributed by atoms with E-state index in [1.807, 2.05) is 0 Å². The highest BCUT2D eigenvalue weighted by molar-refractivity contribution is 5.92. The van der Waals surface area contributed by atoms with Crippen LogP contribution in [0.1, 0.15) is 10.4 Å². The Morgan fingerprint density at radius 3 is 2.16 bits per heavy atom. The minimum atomic E-state index is -0.851. The molecule has 98 valence electrons. The first-order valence-corrected chi connectivity index (χ1v) is 5.23. The summed E-state index contributed by atoms with van der Waals surface area (Å²) in [6, 6.07) is 7.51. The predicted molar refractivity (Wildman–Crippen MR) is 64.5 cm³/mol. The molecule has 0 spiro atoms. The fourth-order valence-corrected chi connectivity index (χ4v) is 1.44. The van der Waals surface area contributed by atoms with E-state index >= 15 is 0 Å². The number of carbonyl (C=O) groups is 1. The number of aromatic hydroxyl groups is 4. The van der Waals surface area contributed by atoms with Gasteiger partial charge in [-0.25, -0.2) is 4.79 Å². The van der Waals surface area contributed by atoms with Gasteiger partial charge in [0.2, 0.25) is 0 Å². The van der Waals surface area contributed by atoms with Crippen molar-refractivity contribution >= 4 is 5.97 Å². The topological polar surface area (TPSA) is 107 Å². The van der Waals surface area contributed by atoms with Gasteiger partial charge in [-0.3, -0.25) is 0 Å². The highest BCUT2D eigenvalue weighted by atomic mass is 16.5. The number of phenolic OH excluding ortho intramolecular Hbond substituents is 4. The van der Waals surface area contributed by atoms with Gasteiger partial charge in [-0.15, -0.1) is 0 Å². The van der Waals surface area contributed by atoms with Gasteiger partial charge in [0.1, 0.15) is 11.5 Å². The van der Waals surface area contributed by atoms with Gasteiger partial charge in [0, 0.05) is 6.07 Å². The van der Waals surface area contributed by atoms with Crippen molar-refractivity contribution < 1.29 is 30.0 Å². The third kappa shape index (κ3) is 2.68. The molecule has 2 aromatic carbocycles. The van der Waals surface area contributed by atoms with E-state index in [0.29, 0.717) is 0 Å². The summed E-state index contributed by atoms with van der Waals surface area (Å²) in [5, 5.41) is 36.9. The molecule has 6 nitrogen and oxygen atoms in total. The van der Waals surface area contributed by atoms with Crippen molar-refractivity contribution in [3.8, 4) is 28.7 Å². The van der Waals surface area contributed by atoms with Gasteiger partial charge in [-0.05, 0) is 24.3 Å². The number of hydrogen-bond donors (Lipinski definition) is 4. The van der Waals surface area contributed by atoms with Gasteiger partial charge in [-0.2, -0.15) is 0 Å². The Morgan fingerprint density at radius 1 is 0.947 bits per heavy atom. The molecule has 2 aromatic rings. The van der Waals surface area contributed by atoms with Crippen molar-refractivity contribution in [2.75, 3.05) is 0 Å². The standard InChI is InChI=1S/C13H10O6/c14-8-2-1-3-9(6-8)19-13(18)7-4-10(15)12(17)11(16)5-7/h1-6,14-17H. The number of carbonyl (C=O) groups excluding carboxylic acids is 1. The number of rotatable bonds is 2. The Kier molecular flexibility index (Phi) is 3.15. The second-order valence-corrected chi connectivity index (χ2v) is 3.75. The first-order chi connectivity index (χ1) is 8.97. The van der Waals surface area contributed by atoms with Gasteiger partial charge in [0.25, 0.3) is 0 Å². The molecule has 0 aliphatic heterocycles. The summed E-state index contributed by atoms with van der Waals surface area (Å²) in [6.45, 7) is 0. The second kappa shape index (κ2) is 4.77. The van der Waals surface area contributed by atoms with Crippen LogP contribution in [0.4, 0.5) is 0 Å². The van der Waals surface area contributed by atoms with Crippen molar-refractivity contribution in [2.24, 2.45) is 0 Å². The van der Waals surface area contributed by atoms with Crippen LogP contribution in [0.25, 0.3) is 0 Å². The van der Waals surface area contributed by atoms with E-state index in [1.54, 1.807) is 0 Å². The molecule has 0 radical (unpaired) electrons. The maximum atomic E-state index is 11.7. The Labute approximate surface area is 107 Å². The molecule has 6 heteroatoms. The van der Waals surface area contributed by atoms with Crippen LogP contribution in [0.3, 0.4) is 0 Å². The number of phenols is 4. The Hall–Kier alpha value is -2.89. The Morgan fingerprint density at radius 2 is 1.58 bits per heavy atom. The van der Waals surface area contributed by atoms with Crippen LogP contribution in [-0.4, -0.2) is 26.4 Å². The molecule has 4 N–H and O–H groups in total. The molecular weight excluding hydrogens is 252 g/mol. The lowest BCUT2D eigenvalue weighted by atomic mass is 10.2. The molecule has 2 rings (SSSR count). The first-order valence-electron chi connectivity index (χ1n) is 5.23. The average molecular weight is 262 g/mol. The van der Waals surface area contributed by atoms with Gasteiger partial charge >= 0.3 is 5.97 Å². The summed E-state index contributed by atoms with van der Waals surface area (Å²) in [5.41, 5.74) is -0.142. The minimum Gasteiger partial charge on any atom is -0.508 e. The molecule has 0 aromatic heterocycles. The third-order valence-corrected chi connectivity index (χ3v) is 2.33. The summed E-state index contributed by atoms with van der Waals surface area (Å²) in [6.07, 6.45) is 0. The van der Waals surface area contributed by atoms with Crippen LogP contribution in [0.5, 0.6) is 28.7 Å². The minimum absolute atomic E-state index is 0.0679. The predicted octanol–water partition coefficient (Wildman–Crippen LogP) is 1.73. The van der Waals surface area contributed by atoms with Crippen LogP contribution in [-0.2, 0) is 0 Å². The monoisotopic (exact) mass is 262 g/mol. The molecule has 0 bridgehead atoms. The van der Waals surface area contributed by atoms with Gasteiger partial charge < -0.3 is 25.2 Å². The molecule has 0 heterocycles. The fraction of sp³-hybridized carbons (Fsp3) is 0. The summed E-state index contributed by atoms with van der Waals surface area (Å²) >= 11 is 0. The molecule has 0 aliphatic rings. The zero-order valence-electron chi connectivity index (χ0n) is 9.57. The zero-order valence-corrected chi connectivity index (χ0v) is 9.57. The number of esters is 1. The van der Waals surface area contributed by atoms with Crippen LogP contribution < -0.4 is 4.74 Å². The van der Waals surface area contributed by atoms with Crippen molar-refractivity contribution in [2.45, 2.75) is 0 Å². The second-order valence-electron chi connectivity index (χ2n) is 3.75. The maximum absolute atomic E-state index is 11.7. The van der Waals surface area contributed by atoms with Crippen LogP contribution in [0.2, 0.25) is 0 Å². The smallest absolute Gasteiger partial charge is 0.343 e. The molecule has 0 atom stereocenters. The number of benzene rings is 2. The Balaban J connectivity index is 2.25. The van der Waals surface area contributed by atoms with Gasteiger partial charge in [0.05, 0.1) is 5.56 Å². The van der Waals surface area contributed by atoms with Crippen LogP contribution in [0.15, 0.2) is 36.4 Å². The summed E-state index contributed by atoms with van der Waals surface area (Å²) in [7, 11) is 0. The van der Waals surface area contributed by atoms with E-state index in [0.717, 1.165) is 12.1 Å². The lowest BCUT2D eigenvalue weighted by Crippen LogP contribution is -2.08. The third-order valence-electron chi connectivity index (χ3n) is 2.33. The van der Waals surface area contributed by atoms with Crippen molar-refractivity contribution in [1.82, 2.24) is 0 Å². The lowest BCUT2D eigenvalue weighted by molar-refractivity contribution is 0.0733. The number of hydrogen-bond acceptors (Lipinski definition) is 6. The molecule has 0 aliphatic carbocycles. The SMILES string of the molecule is O=C(Oc1cccc(O)c1)c1cc(O)c(O)c(O)c1. The zero-order chi connectivity index (χ0) is 14.0. The molecular formula is C13H10O6. The van der Waals surface area contributed by atoms with E-state index in [-0.39, 0.29) is 17.1 Å². The fourth-order valence-electron chi connectivity index (χ4n) is 1.44. The van der Waals surface area contributed by atoms with Crippen molar-refractivity contribution in [3.63, 3.8) is 0 Å². The van der Waals surface area contributed by atoms with Crippen molar-refractivity contribution in [3.05, 3.63) is 42.0 Å². The molecule has 0 saturated heterocycles. The molecule has 19 heavy (non-hydrogen) atoms. The highest BCUT2D eigenvalue weighted by Gasteiger charge is 2.15. The maximum Gasteiger partial charge on any atom is 0.343 e. The molecule has 0 fully saturated rings. The summed E-state index contributed by atoms with van der Waals surface area (Å²) in [5.74, 6) is -2.80. The lowest BCUT2D eigenvalue weighted by Gasteiger charge is -2.07. The van der Waals surface area contributed by atoms with Crippen molar-refractivity contribution in [1.29, 1.82) is 0 Å². The van der Waals surface area contributed by atoms with Crippen LogP contribution >= 0.6 is 0 Å². The van der Waals surface area contributed by atoms with E-state index in [4.69, 9.17) is 9.84 Å². The number of ether oxygens (including phenoxy) is 1. The largest absolute Gasteiger partial charge is 0.508 e. The van der Waals surface area contributed by atoms with E-state index in [9.17, 15) is 20.1 Å². The van der Waals surface area contributed by atoms with E-state index in [1.165, 1.54) is 24.3 Å². The summed E-state index contributed by atoms with van der Waals surface area (Å²) in [4.78, 5) is 11.7. The van der Waals surface area contributed by atoms with E-state index in [2.05, 4.69) is 0 Å². The highest BCUT2D eigenvalue weighted by Crippen LogP contribution is 2.35. The van der Waals surface area contributed by atoms with E-state index < -0.39 is 23.2 Å². The average Bonchev–Trinajstić information content (AvgIpc) is 2.35.